The molecule has 0 saturated heterocycles. The molecule has 0 atom stereocenters. The van der Waals surface area contributed by atoms with Crippen LogP contribution >= 0.6 is 11.8 Å². The average molecular weight is 260 g/mol. The van der Waals surface area contributed by atoms with Crippen molar-refractivity contribution in [3.63, 3.8) is 0 Å². The van der Waals surface area contributed by atoms with E-state index in [4.69, 9.17) is 10.8 Å². The average Bonchev–Trinajstić information content (AvgIpc) is 2.39. The molecule has 0 fully saturated rings. The largest absolute Gasteiger partial charge is 0.478 e. The topological polar surface area (TPSA) is 76.2 Å². The monoisotopic (exact) mass is 260 g/mol. The minimum Gasteiger partial charge on any atom is -0.478 e. The van der Waals surface area contributed by atoms with Gasteiger partial charge in [-0.3, -0.25) is 0 Å². The smallest absolute Gasteiger partial charge is 0.339 e. The molecule has 0 aliphatic heterocycles. The maximum absolute atomic E-state index is 11.0. The van der Waals surface area contributed by atoms with Gasteiger partial charge in [-0.2, -0.15) is 0 Å². The molecule has 1 aromatic heterocycles. The van der Waals surface area contributed by atoms with E-state index in [1.165, 1.54) is 0 Å². The third kappa shape index (κ3) is 2.31. The second-order valence-corrected chi connectivity index (χ2v) is 4.51. The molecule has 0 unspecified atom stereocenters. The number of nitrogen functional groups attached to an aromatic ring is 1. The highest BCUT2D eigenvalue weighted by Gasteiger charge is 2.12. The van der Waals surface area contributed by atoms with Crippen LogP contribution in [0.1, 0.15) is 10.4 Å². The number of aromatic nitrogens is 1. The highest BCUT2D eigenvalue weighted by Crippen LogP contribution is 2.30. The van der Waals surface area contributed by atoms with E-state index < -0.39 is 5.97 Å². The molecule has 1 aromatic carbocycles. The molecule has 18 heavy (non-hydrogen) atoms. The van der Waals surface area contributed by atoms with Gasteiger partial charge in [0, 0.05) is 16.7 Å². The van der Waals surface area contributed by atoms with E-state index in [0.717, 1.165) is 16.0 Å². The fraction of sp³-hybridized carbons (Fsp3) is 0.0769. The fourth-order valence-corrected chi connectivity index (χ4v) is 2.30. The number of pyridine rings is 1. The van der Waals surface area contributed by atoms with Gasteiger partial charge in [0.05, 0.1) is 0 Å². The minimum absolute atomic E-state index is 0.0309. The van der Waals surface area contributed by atoms with Gasteiger partial charge in [0.2, 0.25) is 0 Å². The van der Waals surface area contributed by atoms with Crippen molar-refractivity contribution >= 4 is 23.5 Å². The Morgan fingerprint density at radius 1 is 1.39 bits per heavy atom. The van der Waals surface area contributed by atoms with Gasteiger partial charge in [-0.15, -0.1) is 11.8 Å². The van der Waals surface area contributed by atoms with Gasteiger partial charge in [-0.25, -0.2) is 9.78 Å². The van der Waals surface area contributed by atoms with Gasteiger partial charge in [0.1, 0.15) is 11.4 Å². The van der Waals surface area contributed by atoms with Crippen LogP contribution in [0.15, 0.2) is 41.4 Å². The standard InChI is InChI=1S/C13H12N2O2S/c1-18-11-5-3-2-4-9(11)8-6-10(13(16)17)12(14)15-7-8/h2-7H,1H3,(H2,14,15)(H,16,17). The van der Waals surface area contributed by atoms with E-state index in [2.05, 4.69) is 4.98 Å². The van der Waals surface area contributed by atoms with E-state index in [-0.39, 0.29) is 11.4 Å². The number of anilines is 1. The van der Waals surface area contributed by atoms with Crippen LogP contribution < -0.4 is 5.73 Å². The Balaban J connectivity index is 2.58. The van der Waals surface area contributed by atoms with Crippen LogP contribution in [-0.4, -0.2) is 22.3 Å². The Labute approximate surface area is 109 Å². The predicted octanol–water partition coefficient (Wildman–Crippen LogP) is 2.75. The van der Waals surface area contributed by atoms with Crippen molar-refractivity contribution in [3.05, 3.63) is 42.1 Å². The Hall–Kier alpha value is -2.01. The number of hydrogen-bond acceptors (Lipinski definition) is 4. The predicted molar refractivity (Wildman–Crippen MR) is 72.8 cm³/mol. The third-order valence-corrected chi connectivity index (χ3v) is 3.36. The number of carbonyl (C=O) groups is 1. The van der Waals surface area contributed by atoms with Crippen molar-refractivity contribution in [2.24, 2.45) is 0 Å². The van der Waals surface area contributed by atoms with E-state index in [9.17, 15) is 4.79 Å². The van der Waals surface area contributed by atoms with E-state index in [0.29, 0.717) is 0 Å². The van der Waals surface area contributed by atoms with Crippen molar-refractivity contribution in [1.29, 1.82) is 0 Å². The maximum atomic E-state index is 11.0. The summed E-state index contributed by atoms with van der Waals surface area (Å²) in [5, 5.41) is 9.04. The number of benzene rings is 1. The Bertz CT molecular complexity index is 599. The summed E-state index contributed by atoms with van der Waals surface area (Å²) in [6.07, 6.45) is 3.57. The fourth-order valence-electron chi connectivity index (χ4n) is 1.68. The van der Waals surface area contributed by atoms with Gasteiger partial charge in [-0.05, 0) is 24.0 Å². The number of hydrogen-bond donors (Lipinski definition) is 2. The first kappa shape index (κ1) is 12.4. The molecule has 2 aromatic rings. The number of aromatic carboxylic acids is 1. The number of nitrogens with zero attached hydrogens (tertiary/aromatic N) is 1. The summed E-state index contributed by atoms with van der Waals surface area (Å²) in [7, 11) is 0. The summed E-state index contributed by atoms with van der Waals surface area (Å²) in [4.78, 5) is 16.0. The number of rotatable bonds is 3. The summed E-state index contributed by atoms with van der Waals surface area (Å²) in [5.41, 5.74) is 7.29. The van der Waals surface area contributed by atoms with E-state index in [1.54, 1.807) is 24.0 Å². The SMILES string of the molecule is CSc1ccccc1-c1cnc(N)c(C(=O)O)c1. The lowest BCUT2D eigenvalue weighted by atomic mass is 10.1. The van der Waals surface area contributed by atoms with E-state index >= 15 is 0 Å². The van der Waals surface area contributed by atoms with Gasteiger partial charge in [0.25, 0.3) is 0 Å². The number of carboxylic acids is 1. The van der Waals surface area contributed by atoms with Crippen LogP contribution in [0.25, 0.3) is 11.1 Å². The molecule has 2 rings (SSSR count). The second-order valence-electron chi connectivity index (χ2n) is 3.66. The first-order valence-electron chi connectivity index (χ1n) is 5.25. The summed E-state index contributed by atoms with van der Waals surface area (Å²) in [6, 6.07) is 9.32. The molecule has 5 heteroatoms. The molecular weight excluding hydrogens is 248 g/mol. The molecule has 3 N–H and O–H groups in total. The first-order valence-corrected chi connectivity index (χ1v) is 6.48. The summed E-state index contributed by atoms with van der Waals surface area (Å²) in [6.45, 7) is 0. The molecule has 0 saturated carbocycles. The zero-order chi connectivity index (χ0) is 13.1. The summed E-state index contributed by atoms with van der Waals surface area (Å²) >= 11 is 1.60. The van der Waals surface area contributed by atoms with E-state index in [1.807, 2.05) is 30.5 Å². The van der Waals surface area contributed by atoms with Crippen molar-refractivity contribution < 1.29 is 9.90 Å². The van der Waals surface area contributed by atoms with Gasteiger partial charge in [0.15, 0.2) is 0 Å². The Kier molecular flexibility index (Phi) is 3.53. The molecule has 92 valence electrons. The van der Waals surface area contributed by atoms with Crippen LogP contribution in [0.3, 0.4) is 0 Å². The zero-order valence-electron chi connectivity index (χ0n) is 9.75. The van der Waals surface area contributed by atoms with Crippen molar-refractivity contribution in [2.75, 3.05) is 12.0 Å². The molecule has 0 bridgehead atoms. The Morgan fingerprint density at radius 2 is 2.11 bits per heavy atom. The minimum atomic E-state index is -1.07. The van der Waals surface area contributed by atoms with Crippen molar-refractivity contribution in [2.45, 2.75) is 4.90 Å². The number of thioether (sulfide) groups is 1. The van der Waals surface area contributed by atoms with Gasteiger partial charge >= 0.3 is 5.97 Å². The second kappa shape index (κ2) is 5.10. The highest BCUT2D eigenvalue weighted by molar-refractivity contribution is 7.98. The molecule has 0 amide bonds. The lowest BCUT2D eigenvalue weighted by Gasteiger charge is -2.08. The van der Waals surface area contributed by atoms with Crippen LogP contribution in [0, 0.1) is 0 Å². The zero-order valence-corrected chi connectivity index (χ0v) is 10.6. The third-order valence-electron chi connectivity index (χ3n) is 2.57. The molecule has 4 nitrogen and oxygen atoms in total. The molecule has 0 aliphatic rings. The Morgan fingerprint density at radius 3 is 2.78 bits per heavy atom. The quantitative estimate of drug-likeness (QED) is 0.830. The summed E-state index contributed by atoms with van der Waals surface area (Å²) < 4.78 is 0. The molecule has 0 aliphatic carbocycles. The lowest BCUT2D eigenvalue weighted by Crippen LogP contribution is -2.04. The molecule has 0 spiro atoms. The number of nitrogens with two attached hydrogens (primary N) is 1. The maximum Gasteiger partial charge on any atom is 0.339 e. The van der Waals surface area contributed by atoms with Crippen molar-refractivity contribution in [3.8, 4) is 11.1 Å². The molecular formula is C13H12N2O2S. The van der Waals surface area contributed by atoms with Crippen LogP contribution in [0.5, 0.6) is 0 Å². The molecule has 0 radical (unpaired) electrons. The number of carboxylic acid groups (broad SMARTS) is 1. The first-order chi connectivity index (χ1) is 8.63. The highest BCUT2D eigenvalue weighted by atomic mass is 32.2. The molecule has 1 heterocycles. The van der Waals surface area contributed by atoms with Gasteiger partial charge in [-0.1, -0.05) is 18.2 Å². The summed E-state index contributed by atoms with van der Waals surface area (Å²) in [5.74, 6) is -1.03. The van der Waals surface area contributed by atoms with Gasteiger partial charge < -0.3 is 10.8 Å². The van der Waals surface area contributed by atoms with Crippen LogP contribution in [0.2, 0.25) is 0 Å². The normalized spacial score (nSPS) is 10.3. The van der Waals surface area contributed by atoms with Crippen LogP contribution in [-0.2, 0) is 0 Å². The van der Waals surface area contributed by atoms with Crippen molar-refractivity contribution in [1.82, 2.24) is 4.98 Å². The van der Waals surface area contributed by atoms with Crippen LogP contribution in [0.4, 0.5) is 5.82 Å². The lowest BCUT2D eigenvalue weighted by molar-refractivity contribution is 0.0698.